The summed E-state index contributed by atoms with van der Waals surface area (Å²) in [6, 6.07) is 11.5. The average Bonchev–Trinajstić information content (AvgIpc) is 2.29. The molecule has 0 aliphatic heterocycles. The lowest BCUT2D eigenvalue weighted by Crippen LogP contribution is -1.97. The van der Waals surface area contributed by atoms with Gasteiger partial charge in [0.15, 0.2) is 0 Å². The summed E-state index contributed by atoms with van der Waals surface area (Å²) in [7, 11) is 0. The molecule has 0 bridgehead atoms. The van der Waals surface area contributed by atoms with Gasteiger partial charge in [-0.2, -0.15) is 0 Å². The molecule has 1 atom stereocenters. The molecule has 0 saturated heterocycles. The summed E-state index contributed by atoms with van der Waals surface area (Å²) < 4.78 is 0. The second-order valence-electron chi connectivity index (χ2n) is 3.42. The lowest BCUT2D eigenvalue weighted by Gasteiger charge is -2.06. The monoisotopic (exact) mass is 252 g/mol. The standard InChI is InChI=1S/C12H10Cl2N2/c1-8(13)12-15-10(7-11(14)16-12)9-5-3-2-4-6-9/h2-8H,1H3/t8-/m0/s1. The van der Waals surface area contributed by atoms with Gasteiger partial charge in [-0.3, -0.25) is 0 Å². The van der Waals surface area contributed by atoms with Crippen LogP contribution in [0.3, 0.4) is 0 Å². The lowest BCUT2D eigenvalue weighted by atomic mass is 10.1. The van der Waals surface area contributed by atoms with E-state index < -0.39 is 0 Å². The molecule has 0 fully saturated rings. The molecule has 4 heteroatoms. The number of hydrogen-bond acceptors (Lipinski definition) is 2. The third kappa shape index (κ3) is 2.52. The van der Waals surface area contributed by atoms with Gasteiger partial charge in [0.25, 0.3) is 0 Å². The van der Waals surface area contributed by atoms with Crippen LogP contribution < -0.4 is 0 Å². The van der Waals surface area contributed by atoms with Crippen LogP contribution in [0.15, 0.2) is 36.4 Å². The van der Waals surface area contributed by atoms with E-state index in [1.807, 2.05) is 37.3 Å². The van der Waals surface area contributed by atoms with E-state index in [2.05, 4.69) is 9.97 Å². The van der Waals surface area contributed by atoms with Crippen molar-refractivity contribution in [2.75, 3.05) is 0 Å². The molecule has 2 nitrogen and oxygen atoms in total. The van der Waals surface area contributed by atoms with Gasteiger partial charge in [0.1, 0.15) is 11.0 Å². The van der Waals surface area contributed by atoms with Crippen molar-refractivity contribution >= 4 is 23.2 Å². The minimum Gasteiger partial charge on any atom is -0.231 e. The van der Waals surface area contributed by atoms with Gasteiger partial charge in [-0.25, -0.2) is 9.97 Å². The van der Waals surface area contributed by atoms with Crippen LogP contribution in [-0.2, 0) is 0 Å². The van der Waals surface area contributed by atoms with Crippen LogP contribution in [-0.4, -0.2) is 9.97 Å². The fourth-order valence-electron chi connectivity index (χ4n) is 1.37. The third-order valence-electron chi connectivity index (χ3n) is 2.14. The summed E-state index contributed by atoms with van der Waals surface area (Å²) >= 11 is 11.9. The Morgan fingerprint density at radius 2 is 1.81 bits per heavy atom. The van der Waals surface area contributed by atoms with Crippen LogP contribution in [0.5, 0.6) is 0 Å². The lowest BCUT2D eigenvalue weighted by molar-refractivity contribution is 0.913. The molecule has 0 aliphatic carbocycles. The Morgan fingerprint density at radius 1 is 1.12 bits per heavy atom. The molecule has 82 valence electrons. The number of alkyl halides is 1. The predicted octanol–water partition coefficient (Wildman–Crippen LogP) is 4.10. The first-order chi connectivity index (χ1) is 7.66. The molecule has 0 radical (unpaired) electrons. The number of aromatic nitrogens is 2. The van der Waals surface area contributed by atoms with Gasteiger partial charge in [-0.15, -0.1) is 11.6 Å². The summed E-state index contributed by atoms with van der Waals surface area (Å²) in [6.07, 6.45) is 0. The van der Waals surface area contributed by atoms with Crippen molar-refractivity contribution in [1.29, 1.82) is 0 Å². The number of benzene rings is 1. The van der Waals surface area contributed by atoms with Crippen molar-refractivity contribution < 1.29 is 0 Å². The molecule has 0 unspecified atom stereocenters. The molecule has 16 heavy (non-hydrogen) atoms. The van der Waals surface area contributed by atoms with E-state index >= 15 is 0 Å². The zero-order valence-electron chi connectivity index (χ0n) is 8.69. The molecule has 0 spiro atoms. The van der Waals surface area contributed by atoms with Gasteiger partial charge in [-0.1, -0.05) is 41.9 Å². The molecule has 0 aliphatic rings. The first-order valence-electron chi connectivity index (χ1n) is 4.91. The number of rotatable bonds is 2. The Morgan fingerprint density at radius 3 is 2.44 bits per heavy atom. The molecular weight excluding hydrogens is 243 g/mol. The normalized spacial score (nSPS) is 12.4. The Labute approximate surface area is 104 Å². The Balaban J connectivity index is 2.50. The largest absolute Gasteiger partial charge is 0.231 e. The summed E-state index contributed by atoms with van der Waals surface area (Å²) in [5.41, 5.74) is 1.80. The topological polar surface area (TPSA) is 25.8 Å². The molecule has 1 heterocycles. The SMILES string of the molecule is C[C@H](Cl)c1nc(Cl)cc(-c2ccccc2)n1. The second kappa shape index (κ2) is 4.81. The van der Waals surface area contributed by atoms with Gasteiger partial charge in [-0.05, 0) is 6.92 Å². The maximum absolute atomic E-state index is 5.95. The molecule has 0 amide bonds. The highest BCUT2D eigenvalue weighted by atomic mass is 35.5. The summed E-state index contributed by atoms with van der Waals surface area (Å²) in [4.78, 5) is 8.46. The average molecular weight is 253 g/mol. The first kappa shape index (κ1) is 11.4. The fraction of sp³-hybridized carbons (Fsp3) is 0.167. The highest BCUT2D eigenvalue weighted by Crippen LogP contribution is 2.23. The number of halogens is 2. The van der Waals surface area contributed by atoms with E-state index in [-0.39, 0.29) is 5.38 Å². The first-order valence-corrected chi connectivity index (χ1v) is 5.72. The molecule has 0 N–H and O–H groups in total. The van der Waals surface area contributed by atoms with Crippen LogP contribution in [0.2, 0.25) is 5.15 Å². The van der Waals surface area contributed by atoms with E-state index in [1.165, 1.54) is 0 Å². The van der Waals surface area contributed by atoms with Gasteiger partial charge in [0.2, 0.25) is 0 Å². The van der Waals surface area contributed by atoms with E-state index in [9.17, 15) is 0 Å². The quantitative estimate of drug-likeness (QED) is 0.594. The van der Waals surface area contributed by atoms with E-state index in [0.717, 1.165) is 11.3 Å². The smallest absolute Gasteiger partial charge is 0.148 e. The van der Waals surface area contributed by atoms with Crippen LogP contribution >= 0.6 is 23.2 Å². The maximum Gasteiger partial charge on any atom is 0.148 e. The zero-order chi connectivity index (χ0) is 11.5. The molecular formula is C12H10Cl2N2. The summed E-state index contributed by atoms with van der Waals surface area (Å²) in [6.45, 7) is 1.82. The van der Waals surface area contributed by atoms with Gasteiger partial charge in [0.05, 0.1) is 11.1 Å². The van der Waals surface area contributed by atoms with Crippen molar-refractivity contribution in [2.45, 2.75) is 12.3 Å². The van der Waals surface area contributed by atoms with E-state index in [0.29, 0.717) is 11.0 Å². The zero-order valence-corrected chi connectivity index (χ0v) is 10.2. The van der Waals surface area contributed by atoms with Crippen molar-refractivity contribution in [3.63, 3.8) is 0 Å². The van der Waals surface area contributed by atoms with Crippen LogP contribution in [0.25, 0.3) is 11.3 Å². The minimum absolute atomic E-state index is 0.249. The number of hydrogen-bond donors (Lipinski definition) is 0. The Bertz CT molecular complexity index is 484. The molecule has 1 aromatic heterocycles. The molecule has 2 aromatic rings. The molecule has 2 rings (SSSR count). The third-order valence-corrected chi connectivity index (χ3v) is 2.53. The number of nitrogens with zero attached hydrogens (tertiary/aromatic N) is 2. The highest BCUT2D eigenvalue weighted by Gasteiger charge is 2.09. The van der Waals surface area contributed by atoms with E-state index in [1.54, 1.807) is 6.07 Å². The van der Waals surface area contributed by atoms with Crippen molar-refractivity contribution in [3.05, 3.63) is 47.4 Å². The summed E-state index contributed by atoms with van der Waals surface area (Å²) in [5, 5.41) is 0.164. The van der Waals surface area contributed by atoms with Crippen LogP contribution in [0.4, 0.5) is 0 Å². The van der Waals surface area contributed by atoms with Crippen LogP contribution in [0.1, 0.15) is 18.1 Å². The van der Waals surface area contributed by atoms with Gasteiger partial charge >= 0.3 is 0 Å². The van der Waals surface area contributed by atoms with Gasteiger partial charge < -0.3 is 0 Å². The minimum atomic E-state index is -0.249. The van der Waals surface area contributed by atoms with Crippen molar-refractivity contribution in [2.24, 2.45) is 0 Å². The van der Waals surface area contributed by atoms with Crippen molar-refractivity contribution in [1.82, 2.24) is 9.97 Å². The fourth-order valence-corrected chi connectivity index (χ4v) is 1.66. The predicted molar refractivity (Wildman–Crippen MR) is 66.7 cm³/mol. The van der Waals surface area contributed by atoms with Crippen molar-refractivity contribution in [3.8, 4) is 11.3 Å². The highest BCUT2D eigenvalue weighted by molar-refractivity contribution is 6.29. The van der Waals surface area contributed by atoms with E-state index in [4.69, 9.17) is 23.2 Å². The maximum atomic E-state index is 5.95. The summed E-state index contributed by atoms with van der Waals surface area (Å²) in [5.74, 6) is 0.549. The van der Waals surface area contributed by atoms with Gasteiger partial charge in [0, 0.05) is 11.6 Å². The molecule has 1 aromatic carbocycles. The van der Waals surface area contributed by atoms with Crippen LogP contribution in [0, 0.1) is 0 Å². The second-order valence-corrected chi connectivity index (χ2v) is 4.46. The Hall–Kier alpha value is -1.12. The Kier molecular flexibility index (Phi) is 3.42. The molecule has 0 saturated carbocycles.